The quantitative estimate of drug-likeness (QED) is 0.287. The van der Waals surface area contributed by atoms with E-state index in [9.17, 15) is 10.1 Å². The molecule has 0 saturated carbocycles. The van der Waals surface area contributed by atoms with Crippen LogP contribution in [0.4, 0.5) is 5.69 Å². The van der Waals surface area contributed by atoms with Crippen LogP contribution in [-0.4, -0.2) is 25.7 Å². The molecule has 156 valence electrons. The number of halogens is 1. The van der Waals surface area contributed by atoms with E-state index in [1.54, 1.807) is 42.5 Å². The topological polar surface area (TPSA) is 80.6 Å². The zero-order valence-electron chi connectivity index (χ0n) is 16.9. The molecule has 0 heterocycles. The number of amides is 1. The molecule has 0 radical (unpaired) electrons. The summed E-state index contributed by atoms with van der Waals surface area (Å²) in [7, 11) is 0. The summed E-state index contributed by atoms with van der Waals surface area (Å²) < 4.78 is 17.3. The number of nitrogens with zero attached hydrogens (tertiary/aromatic N) is 1. The second kappa shape index (κ2) is 11.7. The first-order valence-corrected chi connectivity index (χ1v) is 10.2. The lowest BCUT2D eigenvalue weighted by Gasteiger charge is -2.14. The highest BCUT2D eigenvalue weighted by molar-refractivity contribution is 9.10. The van der Waals surface area contributed by atoms with E-state index in [2.05, 4.69) is 27.8 Å². The molecule has 0 fully saturated rings. The zero-order valence-corrected chi connectivity index (χ0v) is 18.5. The van der Waals surface area contributed by atoms with Crippen LogP contribution in [0.25, 0.3) is 6.08 Å². The van der Waals surface area contributed by atoms with Crippen LogP contribution in [0.1, 0.15) is 19.4 Å². The highest BCUT2D eigenvalue weighted by atomic mass is 79.9. The predicted molar refractivity (Wildman–Crippen MR) is 121 cm³/mol. The number of carbonyl (C=O) groups excluding carboxylic acids is 1. The molecule has 0 aliphatic rings. The number of carbonyl (C=O) groups is 1. The summed E-state index contributed by atoms with van der Waals surface area (Å²) in [5, 5.41) is 12.2. The summed E-state index contributed by atoms with van der Waals surface area (Å²) in [6.07, 6.45) is 3.13. The van der Waals surface area contributed by atoms with Gasteiger partial charge >= 0.3 is 0 Å². The summed E-state index contributed by atoms with van der Waals surface area (Å²) in [6, 6.07) is 12.4. The average Bonchev–Trinajstić information content (AvgIpc) is 2.73. The molecular formula is C23H23BrN2O4. The van der Waals surface area contributed by atoms with E-state index in [4.69, 9.17) is 14.2 Å². The number of anilines is 1. The van der Waals surface area contributed by atoms with E-state index in [1.807, 2.05) is 19.9 Å². The monoisotopic (exact) mass is 470 g/mol. The number of hydrogen-bond donors (Lipinski definition) is 1. The van der Waals surface area contributed by atoms with Gasteiger partial charge in [0.1, 0.15) is 24.0 Å². The van der Waals surface area contributed by atoms with Gasteiger partial charge in [0, 0.05) is 5.69 Å². The van der Waals surface area contributed by atoms with Crippen LogP contribution in [0.5, 0.6) is 17.2 Å². The Morgan fingerprint density at radius 1 is 1.17 bits per heavy atom. The Balaban J connectivity index is 2.26. The van der Waals surface area contributed by atoms with Gasteiger partial charge in [-0.25, -0.2) is 0 Å². The van der Waals surface area contributed by atoms with Crippen LogP contribution in [0.15, 0.2) is 59.1 Å². The molecular weight excluding hydrogens is 448 g/mol. The van der Waals surface area contributed by atoms with Crippen molar-refractivity contribution in [2.45, 2.75) is 13.8 Å². The Bertz CT molecular complexity index is 962. The second-order valence-electron chi connectivity index (χ2n) is 5.94. The molecule has 7 heteroatoms. The van der Waals surface area contributed by atoms with Crippen LogP contribution in [-0.2, 0) is 4.79 Å². The predicted octanol–water partition coefficient (Wildman–Crippen LogP) is 5.36. The number of rotatable bonds is 10. The maximum absolute atomic E-state index is 12.6. The van der Waals surface area contributed by atoms with Crippen molar-refractivity contribution in [2.75, 3.05) is 25.1 Å². The summed E-state index contributed by atoms with van der Waals surface area (Å²) in [5.41, 5.74) is 1.14. The Morgan fingerprint density at radius 2 is 1.87 bits per heavy atom. The molecule has 1 N–H and O–H groups in total. The average molecular weight is 471 g/mol. The molecule has 0 aliphatic carbocycles. The van der Waals surface area contributed by atoms with Gasteiger partial charge in [-0.1, -0.05) is 12.7 Å². The highest BCUT2D eigenvalue weighted by Gasteiger charge is 2.14. The smallest absolute Gasteiger partial charge is 0.266 e. The first-order chi connectivity index (χ1) is 14.5. The summed E-state index contributed by atoms with van der Waals surface area (Å²) >= 11 is 3.46. The molecule has 0 aromatic heterocycles. The van der Waals surface area contributed by atoms with Gasteiger partial charge in [-0.05, 0) is 77.8 Å². The molecule has 2 rings (SSSR count). The van der Waals surface area contributed by atoms with Gasteiger partial charge in [0.05, 0.1) is 17.7 Å². The van der Waals surface area contributed by atoms with Gasteiger partial charge < -0.3 is 19.5 Å². The van der Waals surface area contributed by atoms with E-state index in [-0.39, 0.29) is 5.57 Å². The third kappa shape index (κ3) is 6.39. The Kier molecular flexibility index (Phi) is 8.98. The Hall–Kier alpha value is -3.24. The van der Waals surface area contributed by atoms with E-state index in [0.29, 0.717) is 52.8 Å². The molecule has 0 bridgehead atoms. The normalized spacial score (nSPS) is 10.7. The van der Waals surface area contributed by atoms with Crippen LogP contribution in [0, 0.1) is 11.3 Å². The summed E-state index contributed by atoms with van der Waals surface area (Å²) in [4.78, 5) is 12.6. The fourth-order valence-electron chi connectivity index (χ4n) is 2.53. The van der Waals surface area contributed by atoms with Gasteiger partial charge in [-0.3, -0.25) is 4.79 Å². The first-order valence-electron chi connectivity index (χ1n) is 9.38. The minimum Gasteiger partial charge on any atom is -0.494 e. The molecule has 0 spiro atoms. The summed E-state index contributed by atoms with van der Waals surface area (Å²) in [6.45, 7) is 8.71. The maximum Gasteiger partial charge on any atom is 0.266 e. The zero-order chi connectivity index (χ0) is 21.9. The van der Waals surface area contributed by atoms with Gasteiger partial charge in [0.2, 0.25) is 0 Å². The van der Waals surface area contributed by atoms with E-state index >= 15 is 0 Å². The van der Waals surface area contributed by atoms with Crippen molar-refractivity contribution in [1.82, 2.24) is 0 Å². The lowest BCUT2D eigenvalue weighted by molar-refractivity contribution is -0.112. The first kappa shape index (κ1) is 23.0. The standard InChI is InChI=1S/C23H23BrN2O4/c1-4-11-30-22-20(24)13-16(14-21(22)29-6-3)12-17(15-25)23(27)26-18-7-9-19(10-8-18)28-5-2/h4,7-10,12-14H,1,5-6,11H2,2-3H3,(H,26,27)/b17-12-. The Labute approximate surface area is 184 Å². The van der Waals surface area contributed by atoms with Crippen molar-refractivity contribution >= 4 is 33.6 Å². The third-order valence-electron chi connectivity index (χ3n) is 3.78. The van der Waals surface area contributed by atoms with Crippen LogP contribution in [0.3, 0.4) is 0 Å². The van der Waals surface area contributed by atoms with Gasteiger partial charge in [-0.15, -0.1) is 0 Å². The van der Waals surface area contributed by atoms with Crippen LogP contribution in [0.2, 0.25) is 0 Å². The Morgan fingerprint density at radius 3 is 2.47 bits per heavy atom. The summed E-state index contributed by atoms with van der Waals surface area (Å²) in [5.74, 6) is 1.23. The van der Waals surface area contributed by atoms with Crippen molar-refractivity contribution in [2.24, 2.45) is 0 Å². The molecule has 0 unspecified atom stereocenters. The fraction of sp³-hybridized carbons (Fsp3) is 0.217. The number of benzene rings is 2. The number of hydrogen-bond acceptors (Lipinski definition) is 5. The van der Waals surface area contributed by atoms with Crippen molar-refractivity contribution in [3.63, 3.8) is 0 Å². The van der Waals surface area contributed by atoms with Crippen molar-refractivity contribution in [3.05, 3.63) is 64.7 Å². The highest BCUT2D eigenvalue weighted by Crippen LogP contribution is 2.37. The van der Waals surface area contributed by atoms with Gasteiger partial charge in [0.25, 0.3) is 5.91 Å². The van der Waals surface area contributed by atoms with Crippen molar-refractivity contribution in [1.29, 1.82) is 5.26 Å². The molecule has 2 aromatic rings. The number of nitriles is 1. The van der Waals surface area contributed by atoms with E-state index in [1.165, 1.54) is 6.08 Å². The molecule has 0 aliphatic heterocycles. The van der Waals surface area contributed by atoms with Crippen molar-refractivity contribution in [3.8, 4) is 23.3 Å². The molecule has 6 nitrogen and oxygen atoms in total. The fourth-order valence-corrected chi connectivity index (χ4v) is 3.11. The lowest BCUT2D eigenvalue weighted by Crippen LogP contribution is -2.13. The minimum absolute atomic E-state index is 0.0435. The molecule has 1 amide bonds. The third-order valence-corrected chi connectivity index (χ3v) is 4.37. The molecule has 0 saturated heterocycles. The number of nitrogens with one attached hydrogen (secondary N) is 1. The second-order valence-corrected chi connectivity index (χ2v) is 6.80. The van der Waals surface area contributed by atoms with E-state index < -0.39 is 5.91 Å². The van der Waals surface area contributed by atoms with Crippen molar-refractivity contribution < 1.29 is 19.0 Å². The molecule has 0 atom stereocenters. The molecule has 2 aromatic carbocycles. The minimum atomic E-state index is -0.511. The lowest BCUT2D eigenvalue weighted by atomic mass is 10.1. The number of ether oxygens (including phenoxy) is 3. The van der Waals surface area contributed by atoms with Gasteiger partial charge in [-0.2, -0.15) is 5.26 Å². The van der Waals surface area contributed by atoms with E-state index in [0.717, 1.165) is 0 Å². The van der Waals surface area contributed by atoms with Crippen LogP contribution < -0.4 is 19.5 Å². The van der Waals surface area contributed by atoms with Crippen LogP contribution >= 0.6 is 15.9 Å². The van der Waals surface area contributed by atoms with Gasteiger partial charge in [0.15, 0.2) is 11.5 Å². The molecule has 30 heavy (non-hydrogen) atoms. The maximum atomic E-state index is 12.6. The largest absolute Gasteiger partial charge is 0.494 e. The SMILES string of the molecule is C=CCOc1c(Br)cc(/C=C(/C#N)C(=O)Nc2ccc(OCC)cc2)cc1OCC.